The maximum Gasteiger partial charge on any atom is 0.0480 e. The molecule has 1 unspecified atom stereocenters. The van der Waals surface area contributed by atoms with Crippen molar-refractivity contribution in [1.82, 2.24) is 10.2 Å². The number of hydrogen-bond donors (Lipinski definition) is 1. The molecule has 3 rings (SSSR count). The summed E-state index contributed by atoms with van der Waals surface area (Å²) in [5.74, 6) is 0.896. The molecule has 0 amide bonds. The van der Waals surface area contributed by atoms with E-state index in [0.717, 1.165) is 31.2 Å². The van der Waals surface area contributed by atoms with Crippen molar-refractivity contribution >= 4 is 0 Å². The van der Waals surface area contributed by atoms with E-state index in [-0.39, 0.29) is 0 Å². The summed E-state index contributed by atoms with van der Waals surface area (Å²) in [5, 5.41) is 3.55. The first kappa shape index (κ1) is 11.9. The lowest BCUT2D eigenvalue weighted by Gasteiger charge is -2.37. The maximum atomic E-state index is 5.50. The van der Waals surface area contributed by atoms with Crippen molar-refractivity contribution < 1.29 is 4.74 Å². The highest BCUT2D eigenvalue weighted by molar-refractivity contribution is 4.91. The molecule has 1 aliphatic carbocycles. The van der Waals surface area contributed by atoms with E-state index in [1.807, 2.05) is 0 Å². The normalized spacial score (nSPS) is 31.9. The highest BCUT2D eigenvalue weighted by atomic mass is 16.5. The Morgan fingerprint density at radius 3 is 2.41 bits per heavy atom. The second kappa shape index (κ2) is 5.68. The summed E-state index contributed by atoms with van der Waals surface area (Å²) in [6, 6.07) is 1.73. The monoisotopic (exact) mass is 238 g/mol. The Morgan fingerprint density at radius 1 is 1.00 bits per heavy atom. The lowest BCUT2D eigenvalue weighted by molar-refractivity contribution is 0.0233. The van der Waals surface area contributed by atoms with Crippen LogP contribution in [-0.4, -0.2) is 49.8 Å². The van der Waals surface area contributed by atoms with Crippen molar-refractivity contribution in [1.29, 1.82) is 0 Å². The van der Waals surface area contributed by atoms with Gasteiger partial charge in [-0.1, -0.05) is 0 Å². The molecule has 3 aliphatic rings. The molecule has 2 aliphatic heterocycles. The van der Waals surface area contributed by atoms with Crippen molar-refractivity contribution in [3.63, 3.8) is 0 Å². The standard InChI is InChI=1S/C14H26N2O/c1-2-12(10-15-7-1)11-16(13-3-4-13)14-5-8-17-9-6-14/h12-15H,1-11H2. The van der Waals surface area contributed by atoms with Gasteiger partial charge in [-0.2, -0.15) is 0 Å². The third kappa shape index (κ3) is 3.21. The van der Waals surface area contributed by atoms with E-state index < -0.39 is 0 Å². The van der Waals surface area contributed by atoms with Crippen LogP contribution < -0.4 is 5.32 Å². The molecule has 3 nitrogen and oxygen atoms in total. The summed E-state index contributed by atoms with van der Waals surface area (Å²) < 4.78 is 5.50. The molecule has 2 saturated heterocycles. The van der Waals surface area contributed by atoms with E-state index in [4.69, 9.17) is 4.74 Å². The topological polar surface area (TPSA) is 24.5 Å². The summed E-state index contributed by atoms with van der Waals surface area (Å²) >= 11 is 0. The molecular weight excluding hydrogens is 212 g/mol. The number of ether oxygens (including phenoxy) is 1. The number of nitrogens with one attached hydrogen (secondary N) is 1. The molecule has 1 atom stereocenters. The van der Waals surface area contributed by atoms with Crippen LogP contribution in [0.3, 0.4) is 0 Å². The third-order valence-corrected chi connectivity index (χ3v) is 4.54. The Bertz CT molecular complexity index is 230. The fourth-order valence-electron chi connectivity index (χ4n) is 3.40. The smallest absolute Gasteiger partial charge is 0.0480 e. The molecule has 0 aromatic heterocycles. The molecule has 0 aromatic rings. The summed E-state index contributed by atoms with van der Waals surface area (Å²) in [6.45, 7) is 5.78. The van der Waals surface area contributed by atoms with Crippen LogP contribution in [0.25, 0.3) is 0 Å². The van der Waals surface area contributed by atoms with E-state index in [0.29, 0.717) is 0 Å². The van der Waals surface area contributed by atoms with Crippen molar-refractivity contribution in [3.8, 4) is 0 Å². The van der Waals surface area contributed by atoms with Crippen molar-refractivity contribution in [2.75, 3.05) is 32.8 Å². The third-order valence-electron chi connectivity index (χ3n) is 4.54. The van der Waals surface area contributed by atoms with Gasteiger partial charge in [0.15, 0.2) is 0 Å². The van der Waals surface area contributed by atoms with Crippen LogP contribution in [0.15, 0.2) is 0 Å². The van der Waals surface area contributed by atoms with Gasteiger partial charge in [0.05, 0.1) is 0 Å². The van der Waals surface area contributed by atoms with Crippen LogP contribution in [0.4, 0.5) is 0 Å². The number of nitrogens with zero attached hydrogens (tertiary/aromatic N) is 1. The Morgan fingerprint density at radius 2 is 1.76 bits per heavy atom. The number of hydrogen-bond acceptors (Lipinski definition) is 3. The van der Waals surface area contributed by atoms with Gasteiger partial charge in [-0.15, -0.1) is 0 Å². The fourth-order valence-corrected chi connectivity index (χ4v) is 3.40. The van der Waals surface area contributed by atoms with Gasteiger partial charge in [-0.3, -0.25) is 4.90 Å². The first-order chi connectivity index (χ1) is 8.43. The minimum absolute atomic E-state index is 0.818. The molecule has 0 radical (unpaired) electrons. The van der Waals surface area contributed by atoms with Crippen LogP contribution in [0, 0.1) is 5.92 Å². The van der Waals surface area contributed by atoms with Gasteiger partial charge < -0.3 is 10.1 Å². The lowest BCUT2D eigenvalue weighted by Crippen LogP contribution is -2.46. The quantitative estimate of drug-likeness (QED) is 0.805. The van der Waals surface area contributed by atoms with Gasteiger partial charge in [-0.25, -0.2) is 0 Å². The number of rotatable bonds is 4. The molecule has 2 heterocycles. The molecule has 3 fully saturated rings. The van der Waals surface area contributed by atoms with Crippen LogP contribution in [0.1, 0.15) is 38.5 Å². The minimum Gasteiger partial charge on any atom is -0.381 e. The highest BCUT2D eigenvalue weighted by Gasteiger charge is 2.35. The summed E-state index contributed by atoms with van der Waals surface area (Å²) in [5.41, 5.74) is 0. The van der Waals surface area contributed by atoms with E-state index in [1.54, 1.807) is 0 Å². The fraction of sp³-hybridized carbons (Fsp3) is 1.00. The molecule has 17 heavy (non-hydrogen) atoms. The Balaban J connectivity index is 1.55. The van der Waals surface area contributed by atoms with Crippen molar-refractivity contribution in [2.24, 2.45) is 5.92 Å². The highest BCUT2D eigenvalue weighted by Crippen LogP contribution is 2.32. The van der Waals surface area contributed by atoms with Gasteiger partial charge >= 0.3 is 0 Å². The maximum absolute atomic E-state index is 5.50. The largest absolute Gasteiger partial charge is 0.381 e. The molecule has 3 heteroatoms. The predicted octanol–water partition coefficient (Wildman–Crippen LogP) is 1.63. The second-order valence-corrected chi connectivity index (χ2v) is 5.98. The zero-order valence-electron chi connectivity index (χ0n) is 10.9. The molecule has 1 N–H and O–H groups in total. The number of piperidine rings is 1. The van der Waals surface area contributed by atoms with E-state index >= 15 is 0 Å². The Labute approximate surface area is 105 Å². The van der Waals surface area contributed by atoms with Gasteiger partial charge in [0.25, 0.3) is 0 Å². The van der Waals surface area contributed by atoms with Crippen molar-refractivity contribution in [2.45, 2.75) is 50.6 Å². The molecular formula is C14H26N2O. The zero-order valence-corrected chi connectivity index (χ0v) is 10.9. The zero-order chi connectivity index (χ0) is 11.5. The average molecular weight is 238 g/mol. The van der Waals surface area contributed by atoms with Gasteiger partial charge in [0.2, 0.25) is 0 Å². The molecule has 0 aromatic carbocycles. The molecule has 0 bridgehead atoms. The van der Waals surface area contributed by atoms with E-state index in [2.05, 4.69) is 10.2 Å². The van der Waals surface area contributed by atoms with Crippen molar-refractivity contribution in [3.05, 3.63) is 0 Å². The Hall–Kier alpha value is -0.120. The van der Waals surface area contributed by atoms with Crippen LogP contribution >= 0.6 is 0 Å². The molecule has 1 saturated carbocycles. The summed E-state index contributed by atoms with van der Waals surface area (Å²) in [4.78, 5) is 2.83. The summed E-state index contributed by atoms with van der Waals surface area (Å²) in [6.07, 6.45) is 8.21. The Kier molecular flexibility index (Phi) is 3.99. The first-order valence-electron chi connectivity index (χ1n) is 7.47. The SMILES string of the molecule is C1CNCC(CN(C2CCOCC2)C2CC2)C1. The van der Waals surface area contributed by atoms with Gasteiger partial charge in [0, 0.05) is 31.8 Å². The van der Waals surface area contributed by atoms with Gasteiger partial charge in [0.1, 0.15) is 0 Å². The average Bonchev–Trinajstić information content (AvgIpc) is 3.23. The van der Waals surface area contributed by atoms with Gasteiger partial charge in [-0.05, 0) is 57.5 Å². The van der Waals surface area contributed by atoms with E-state index in [9.17, 15) is 0 Å². The predicted molar refractivity (Wildman–Crippen MR) is 69.2 cm³/mol. The van der Waals surface area contributed by atoms with Crippen LogP contribution in [0.5, 0.6) is 0 Å². The van der Waals surface area contributed by atoms with E-state index in [1.165, 1.54) is 58.2 Å². The van der Waals surface area contributed by atoms with Crippen LogP contribution in [0.2, 0.25) is 0 Å². The molecule has 98 valence electrons. The second-order valence-electron chi connectivity index (χ2n) is 5.98. The molecule has 0 spiro atoms. The lowest BCUT2D eigenvalue weighted by atomic mass is 9.97. The first-order valence-corrected chi connectivity index (χ1v) is 7.47. The minimum atomic E-state index is 0.818. The van der Waals surface area contributed by atoms with Crippen LogP contribution in [-0.2, 0) is 4.74 Å². The summed E-state index contributed by atoms with van der Waals surface area (Å²) in [7, 11) is 0.